The molecular formula is C17H17N3OS. The lowest BCUT2D eigenvalue weighted by Gasteiger charge is -2.08. The molecule has 3 rings (SSSR count). The maximum absolute atomic E-state index is 10.1. The van der Waals surface area contributed by atoms with Crippen molar-refractivity contribution in [3.8, 4) is 27.4 Å². The van der Waals surface area contributed by atoms with Crippen molar-refractivity contribution >= 4 is 16.5 Å². The van der Waals surface area contributed by atoms with Gasteiger partial charge in [-0.25, -0.2) is 4.98 Å². The van der Waals surface area contributed by atoms with Crippen LogP contribution in [-0.2, 0) is 0 Å². The molecule has 0 fully saturated rings. The van der Waals surface area contributed by atoms with Crippen LogP contribution in [0.25, 0.3) is 21.7 Å². The van der Waals surface area contributed by atoms with Gasteiger partial charge in [-0.2, -0.15) is 0 Å². The van der Waals surface area contributed by atoms with E-state index in [2.05, 4.69) is 22.2 Å². The number of anilines is 1. The summed E-state index contributed by atoms with van der Waals surface area (Å²) >= 11 is 1.60. The number of aromatic hydroxyl groups is 1. The number of hydrogen-bond acceptors (Lipinski definition) is 5. The predicted octanol–water partition coefficient (Wildman–Crippen LogP) is 4.40. The second kappa shape index (κ2) is 6.58. The fourth-order valence-electron chi connectivity index (χ4n) is 2.20. The Morgan fingerprint density at radius 3 is 2.73 bits per heavy atom. The number of pyridine rings is 1. The summed E-state index contributed by atoms with van der Waals surface area (Å²) in [7, 11) is 0. The zero-order valence-corrected chi connectivity index (χ0v) is 13.1. The number of rotatable bonds is 5. The lowest BCUT2D eigenvalue weighted by molar-refractivity contribution is 0.477. The standard InChI is InChI=1S/C17H17N3OS/c1-2-9-19-17-20-11-15(22-17)13-7-5-10-18-16(13)12-6-3-4-8-14(12)21/h3-8,10-11,21H,2,9H2,1H3,(H,19,20). The molecule has 0 radical (unpaired) electrons. The van der Waals surface area contributed by atoms with E-state index >= 15 is 0 Å². The van der Waals surface area contributed by atoms with Gasteiger partial charge in [-0.15, -0.1) is 0 Å². The van der Waals surface area contributed by atoms with Crippen molar-refractivity contribution in [2.24, 2.45) is 0 Å². The lowest BCUT2D eigenvalue weighted by atomic mass is 10.0. The Labute approximate surface area is 133 Å². The molecule has 0 amide bonds. The molecule has 1 aromatic carbocycles. The Balaban J connectivity index is 2.02. The van der Waals surface area contributed by atoms with Gasteiger partial charge in [-0.3, -0.25) is 4.98 Å². The number of benzene rings is 1. The number of hydrogen-bond donors (Lipinski definition) is 2. The van der Waals surface area contributed by atoms with Gasteiger partial charge in [0.05, 0.1) is 10.6 Å². The molecule has 2 heterocycles. The van der Waals surface area contributed by atoms with Crippen LogP contribution < -0.4 is 5.32 Å². The van der Waals surface area contributed by atoms with Gasteiger partial charge in [0.2, 0.25) is 0 Å². The molecule has 0 aliphatic carbocycles. The summed E-state index contributed by atoms with van der Waals surface area (Å²) in [6.07, 6.45) is 4.65. The van der Waals surface area contributed by atoms with E-state index < -0.39 is 0 Å². The quantitative estimate of drug-likeness (QED) is 0.733. The number of thiazole rings is 1. The highest BCUT2D eigenvalue weighted by Crippen LogP contribution is 2.37. The van der Waals surface area contributed by atoms with Crippen LogP contribution in [0, 0.1) is 0 Å². The number of nitrogens with zero attached hydrogens (tertiary/aromatic N) is 2. The Morgan fingerprint density at radius 2 is 1.91 bits per heavy atom. The Hall–Kier alpha value is -2.40. The molecule has 0 spiro atoms. The molecule has 0 atom stereocenters. The Morgan fingerprint density at radius 1 is 1.09 bits per heavy atom. The third-order valence-electron chi connectivity index (χ3n) is 3.26. The highest BCUT2D eigenvalue weighted by atomic mass is 32.1. The first-order valence-corrected chi connectivity index (χ1v) is 8.04. The molecule has 5 heteroatoms. The van der Waals surface area contributed by atoms with Crippen molar-refractivity contribution in [3.63, 3.8) is 0 Å². The van der Waals surface area contributed by atoms with E-state index in [0.29, 0.717) is 0 Å². The van der Waals surface area contributed by atoms with Gasteiger partial charge in [0.25, 0.3) is 0 Å². The zero-order valence-electron chi connectivity index (χ0n) is 12.3. The van der Waals surface area contributed by atoms with Gasteiger partial charge in [-0.1, -0.05) is 30.4 Å². The second-order valence-corrected chi connectivity index (χ2v) is 5.90. The normalized spacial score (nSPS) is 10.6. The number of para-hydroxylation sites is 1. The predicted molar refractivity (Wildman–Crippen MR) is 91.2 cm³/mol. The summed E-state index contributed by atoms with van der Waals surface area (Å²) in [5, 5.41) is 14.3. The van der Waals surface area contributed by atoms with Crippen molar-refractivity contribution in [2.75, 3.05) is 11.9 Å². The van der Waals surface area contributed by atoms with Crippen LogP contribution in [0.5, 0.6) is 5.75 Å². The monoisotopic (exact) mass is 311 g/mol. The van der Waals surface area contributed by atoms with Crippen LogP contribution in [0.2, 0.25) is 0 Å². The van der Waals surface area contributed by atoms with E-state index in [1.807, 2.05) is 30.5 Å². The molecule has 3 aromatic rings. The van der Waals surface area contributed by atoms with Gasteiger partial charge in [0.1, 0.15) is 5.75 Å². The number of aromatic nitrogens is 2. The molecular weight excluding hydrogens is 294 g/mol. The van der Waals surface area contributed by atoms with Crippen LogP contribution in [0.1, 0.15) is 13.3 Å². The largest absolute Gasteiger partial charge is 0.507 e. The van der Waals surface area contributed by atoms with E-state index in [9.17, 15) is 5.11 Å². The van der Waals surface area contributed by atoms with Crippen LogP contribution in [-0.4, -0.2) is 21.6 Å². The van der Waals surface area contributed by atoms with E-state index in [0.717, 1.165) is 39.8 Å². The smallest absolute Gasteiger partial charge is 0.183 e. The van der Waals surface area contributed by atoms with Crippen molar-refractivity contribution in [1.82, 2.24) is 9.97 Å². The molecule has 112 valence electrons. The maximum atomic E-state index is 10.1. The third-order valence-corrected chi connectivity index (χ3v) is 4.25. The zero-order chi connectivity index (χ0) is 15.4. The molecule has 0 bridgehead atoms. The fourth-order valence-corrected chi connectivity index (χ4v) is 3.07. The third kappa shape index (κ3) is 2.94. The van der Waals surface area contributed by atoms with Gasteiger partial charge < -0.3 is 10.4 Å². The first-order chi connectivity index (χ1) is 10.8. The van der Waals surface area contributed by atoms with E-state index in [-0.39, 0.29) is 5.75 Å². The highest BCUT2D eigenvalue weighted by Gasteiger charge is 2.13. The molecule has 0 aliphatic rings. The maximum Gasteiger partial charge on any atom is 0.183 e. The number of nitrogens with one attached hydrogen (secondary N) is 1. The van der Waals surface area contributed by atoms with Crippen molar-refractivity contribution in [1.29, 1.82) is 0 Å². The minimum atomic E-state index is 0.233. The molecule has 0 saturated heterocycles. The summed E-state index contributed by atoms with van der Waals surface area (Å²) in [6, 6.07) is 11.2. The second-order valence-electron chi connectivity index (χ2n) is 4.87. The van der Waals surface area contributed by atoms with Gasteiger partial charge in [-0.05, 0) is 30.7 Å². The van der Waals surface area contributed by atoms with Crippen LogP contribution >= 0.6 is 11.3 Å². The van der Waals surface area contributed by atoms with Crippen molar-refractivity contribution in [3.05, 3.63) is 48.8 Å². The SMILES string of the molecule is CCCNc1ncc(-c2cccnc2-c2ccccc2O)s1. The average molecular weight is 311 g/mol. The summed E-state index contributed by atoms with van der Waals surface area (Å²) in [6.45, 7) is 3.03. The molecule has 22 heavy (non-hydrogen) atoms. The van der Waals surface area contributed by atoms with Gasteiger partial charge >= 0.3 is 0 Å². The summed E-state index contributed by atoms with van der Waals surface area (Å²) in [4.78, 5) is 9.89. The fraction of sp³-hybridized carbons (Fsp3) is 0.176. The first-order valence-electron chi connectivity index (χ1n) is 7.23. The van der Waals surface area contributed by atoms with Gasteiger partial charge in [0, 0.05) is 30.1 Å². The lowest BCUT2D eigenvalue weighted by Crippen LogP contribution is -1.97. The molecule has 0 aliphatic heterocycles. The van der Waals surface area contributed by atoms with Crippen LogP contribution in [0.3, 0.4) is 0 Å². The Bertz CT molecular complexity index is 770. The first kappa shape index (κ1) is 14.5. The topological polar surface area (TPSA) is 58.0 Å². The minimum Gasteiger partial charge on any atom is -0.507 e. The van der Waals surface area contributed by atoms with Crippen molar-refractivity contribution in [2.45, 2.75) is 13.3 Å². The number of phenolic OH excluding ortho intramolecular Hbond substituents is 1. The van der Waals surface area contributed by atoms with Gasteiger partial charge in [0.15, 0.2) is 5.13 Å². The summed E-state index contributed by atoms with van der Waals surface area (Å²) < 4.78 is 0. The highest BCUT2D eigenvalue weighted by molar-refractivity contribution is 7.18. The Kier molecular flexibility index (Phi) is 4.34. The summed E-state index contributed by atoms with van der Waals surface area (Å²) in [5.74, 6) is 0.233. The van der Waals surface area contributed by atoms with Crippen LogP contribution in [0.4, 0.5) is 5.13 Å². The average Bonchev–Trinajstić information content (AvgIpc) is 3.02. The van der Waals surface area contributed by atoms with Crippen molar-refractivity contribution < 1.29 is 5.11 Å². The van der Waals surface area contributed by atoms with E-state index in [1.165, 1.54) is 0 Å². The molecule has 0 unspecified atom stereocenters. The molecule has 2 N–H and O–H groups in total. The molecule has 4 nitrogen and oxygen atoms in total. The van der Waals surface area contributed by atoms with E-state index in [1.54, 1.807) is 29.7 Å². The molecule has 2 aromatic heterocycles. The summed E-state index contributed by atoms with van der Waals surface area (Å²) in [5.41, 5.74) is 2.48. The van der Waals surface area contributed by atoms with E-state index in [4.69, 9.17) is 0 Å². The van der Waals surface area contributed by atoms with Crippen LogP contribution in [0.15, 0.2) is 48.8 Å². The number of phenols is 1. The minimum absolute atomic E-state index is 0.233. The molecule has 0 saturated carbocycles.